The molecule has 1 aliphatic rings. The van der Waals surface area contributed by atoms with E-state index in [9.17, 15) is 4.79 Å². The number of likely N-dealkylation sites (tertiary alicyclic amines) is 1. The molecule has 1 aliphatic heterocycles. The van der Waals surface area contributed by atoms with Crippen molar-refractivity contribution < 1.29 is 4.79 Å². The standard InChI is InChI=1S/C9H19N3O.C2H6/c1-11(2)8-3-5-12(6-4-8)9(13)7-10;1-2/h8H,3-7,10H2,1-2H3;1-2H3. The van der Waals surface area contributed by atoms with Crippen LogP contribution in [-0.2, 0) is 4.79 Å². The van der Waals surface area contributed by atoms with Crippen LogP contribution in [0.2, 0.25) is 0 Å². The number of carbonyl (C=O) groups is 1. The van der Waals surface area contributed by atoms with Crippen LogP contribution in [0.5, 0.6) is 0 Å². The number of hydrogen-bond donors (Lipinski definition) is 1. The summed E-state index contributed by atoms with van der Waals surface area (Å²) in [6.45, 7) is 5.87. The van der Waals surface area contributed by atoms with E-state index in [4.69, 9.17) is 5.73 Å². The third-order valence-electron chi connectivity index (χ3n) is 2.72. The molecule has 0 unspecified atom stereocenters. The van der Waals surface area contributed by atoms with E-state index in [1.165, 1.54) is 0 Å². The van der Waals surface area contributed by atoms with Gasteiger partial charge in [0.1, 0.15) is 0 Å². The zero-order chi connectivity index (χ0) is 11.8. The van der Waals surface area contributed by atoms with Crippen LogP contribution in [0, 0.1) is 0 Å². The number of carbonyl (C=O) groups excluding carboxylic acids is 1. The SMILES string of the molecule is CC.CN(C)C1CCN(C(=O)CN)CC1. The maximum Gasteiger partial charge on any atom is 0.236 e. The fourth-order valence-electron chi connectivity index (χ4n) is 1.76. The molecule has 0 aliphatic carbocycles. The molecule has 0 radical (unpaired) electrons. The summed E-state index contributed by atoms with van der Waals surface area (Å²) < 4.78 is 0. The molecule has 0 atom stereocenters. The Hall–Kier alpha value is -0.610. The van der Waals surface area contributed by atoms with Gasteiger partial charge in [0.15, 0.2) is 0 Å². The summed E-state index contributed by atoms with van der Waals surface area (Å²) in [6, 6.07) is 0.627. The summed E-state index contributed by atoms with van der Waals surface area (Å²) in [5.74, 6) is 0.0807. The predicted octanol–water partition coefficient (Wildman–Crippen LogP) is 0.524. The first-order valence-corrected chi connectivity index (χ1v) is 5.79. The Balaban J connectivity index is 0.000000921. The summed E-state index contributed by atoms with van der Waals surface area (Å²) in [7, 11) is 4.18. The molecule has 1 saturated heterocycles. The summed E-state index contributed by atoms with van der Waals surface area (Å²) in [4.78, 5) is 15.3. The highest BCUT2D eigenvalue weighted by Crippen LogP contribution is 2.13. The van der Waals surface area contributed by atoms with Crippen molar-refractivity contribution in [3.8, 4) is 0 Å². The maximum atomic E-state index is 11.2. The number of rotatable bonds is 2. The summed E-state index contributed by atoms with van der Waals surface area (Å²) >= 11 is 0. The van der Waals surface area contributed by atoms with Gasteiger partial charge >= 0.3 is 0 Å². The van der Waals surface area contributed by atoms with Crippen molar-refractivity contribution in [3.05, 3.63) is 0 Å². The molecule has 0 bridgehead atoms. The minimum absolute atomic E-state index is 0.0807. The Morgan fingerprint density at radius 2 is 1.80 bits per heavy atom. The normalized spacial score (nSPS) is 17.3. The zero-order valence-electron chi connectivity index (χ0n) is 10.5. The van der Waals surface area contributed by atoms with E-state index < -0.39 is 0 Å². The largest absolute Gasteiger partial charge is 0.341 e. The van der Waals surface area contributed by atoms with Crippen molar-refractivity contribution >= 4 is 5.91 Å². The van der Waals surface area contributed by atoms with Gasteiger partial charge in [-0.05, 0) is 26.9 Å². The topological polar surface area (TPSA) is 49.6 Å². The van der Waals surface area contributed by atoms with Crippen LogP contribution in [0.15, 0.2) is 0 Å². The van der Waals surface area contributed by atoms with Crippen molar-refractivity contribution in [3.63, 3.8) is 0 Å². The van der Waals surface area contributed by atoms with Crippen molar-refractivity contribution in [2.45, 2.75) is 32.7 Å². The lowest BCUT2D eigenvalue weighted by atomic mass is 10.0. The average Bonchev–Trinajstić information content (AvgIpc) is 2.31. The van der Waals surface area contributed by atoms with Gasteiger partial charge in [-0.15, -0.1) is 0 Å². The quantitative estimate of drug-likeness (QED) is 0.731. The van der Waals surface area contributed by atoms with Crippen molar-refractivity contribution in [2.75, 3.05) is 33.7 Å². The van der Waals surface area contributed by atoms with E-state index in [-0.39, 0.29) is 12.5 Å². The molecule has 4 nitrogen and oxygen atoms in total. The van der Waals surface area contributed by atoms with Crippen LogP contribution in [0.4, 0.5) is 0 Å². The second-order valence-corrected chi connectivity index (χ2v) is 3.78. The molecule has 15 heavy (non-hydrogen) atoms. The molecule has 90 valence electrons. The van der Waals surface area contributed by atoms with Gasteiger partial charge in [-0.25, -0.2) is 0 Å². The third kappa shape index (κ3) is 4.62. The van der Waals surface area contributed by atoms with Gasteiger partial charge in [0.05, 0.1) is 6.54 Å². The van der Waals surface area contributed by atoms with E-state index in [2.05, 4.69) is 19.0 Å². The second-order valence-electron chi connectivity index (χ2n) is 3.78. The number of amides is 1. The smallest absolute Gasteiger partial charge is 0.236 e. The predicted molar refractivity (Wildman–Crippen MR) is 63.7 cm³/mol. The molecule has 1 heterocycles. The molecular weight excluding hydrogens is 190 g/mol. The van der Waals surface area contributed by atoms with Crippen LogP contribution in [-0.4, -0.2) is 55.5 Å². The summed E-state index contributed by atoms with van der Waals surface area (Å²) in [5, 5.41) is 0. The van der Waals surface area contributed by atoms with Crippen LogP contribution in [0.1, 0.15) is 26.7 Å². The molecule has 2 N–H and O–H groups in total. The zero-order valence-corrected chi connectivity index (χ0v) is 10.5. The van der Waals surface area contributed by atoms with E-state index in [0.717, 1.165) is 25.9 Å². The fourth-order valence-corrected chi connectivity index (χ4v) is 1.76. The third-order valence-corrected chi connectivity index (χ3v) is 2.72. The minimum Gasteiger partial charge on any atom is -0.341 e. The molecular formula is C11H25N3O. The second kappa shape index (κ2) is 7.65. The minimum atomic E-state index is 0.0807. The van der Waals surface area contributed by atoms with Gasteiger partial charge in [0.25, 0.3) is 0 Å². The van der Waals surface area contributed by atoms with E-state index in [1.807, 2.05) is 18.7 Å². The van der Waals surface area contributed by atoms with Gasteiger partial charge in [-0.2, -0.15) is 0 Å². The van der Waals surface area contributed by atoms with Gasteiger partial charge < -0.3 is 15.5 Å². The monoisotopic (exact) mass is 215 g/mol. The molecule has 0 aromatic rings. The Kier molecular flexibility index (Phi) is 7.34. The first-order chi connectivity index (χ1) is 7.15. The first kappa shape index (κ1) is 14.4. The molecule has 1 fully saturated rings. The van der Waals surface area contributed by atoms with Crippen LogP contribution >= 0.6 is 0 Å². The van der Waals surface area contributed by atoms with Crippen molar-refractivity contribution in [1.29, 1.82) is 0 Å². The van der Waals surface area contributed by atoms with E-state index in [0.29, 0.717) is 6.04 Å². The molecule has 0 aromatic carbocycles. The van der Waals surface area contributed by atoms with Crippen LogP contribution in [0.3, 0.4) is 0 Å². The van der Waals surface area contributed by atoms with Gasteiger partial charge in [-0.3, -0.25) is 4.79 Å². The Morgan fingerprint density at radius 1 is 1.33 bits per heavy atom. The molecule has 4 heteroatoms. The highest BCUT2D eigenvalue weighted by molar-refractivity contribution is 5.78. The Bertz CT molecular complexity index is 175. The first-order valence-electron chi connectivity index (χ1n) is 5.79. The van der Waals surface area contributed by atoms with Gasteiger partial charge in [0, 0.05) is 19.1 Å². The van der Waals surface area contributed by atoms with Gasteiger partial charge in [0.2, 0.25) is 5.91 Å². The molecule has 0 spiro atoms. The number of piperidine rings is 1. The maximum absolute atomic E-state index is 11.2. The van der Waals surface area contributed by atoms with Crippen LogP contribution in [0.25, 0.3) is 0 Å². The summed E-state index contributed by atoms with van der Waals surface area (Å²) in [6.07, 6.45) is 2.14. The fraction of sp³-hybridized carbons (Fsp3) is 0.909. The van der Waals surface area contributed by atoms with E-state index >= 15 is 0 Å². The lowest BCUT2D eigenvalue weighted by Crippen LogP contribution is -2.46. The van der Waals surface area contributed by atoms with Gasteiger partial charge in [-0.1, -0.05) is 13.8 Å². The van der Waals surface area contributed by atoms with E-state index in [1.54, 1.807) is 0 Å². The molecule has 1 amide bonds. The highest BCUT2D eigenvalue weighted by Gasteiger charge is 2.22. The Morgan fingerprint density at radius 3 is 2.13 bits per heavy atom. The lowest BCUT2D eigenvalue weighted by molar-refractivity contribution is -0.131. The van der Waals surface area contributed by atoms with Crippen LogP contribution < -0.4 is 5.73 Å². The van der Waals surface area contributed by atoms with Crippen molar-refractivity contribution in [2.24, 2.45) is 5.73 Å². The molecule has 0 aromatic heterocycles. The number of nitrogens with zero attached hydrogens (tertiary/aromatic N) is 2. The number of hydrogen-bond acceptors (Lipinski definition) is 3. The molecule has 0 saturated carbocycles. The number of nitrogens with two attached hydrogens (primary N) is 1. The van der Waals surface area contributed by atoms with Crippen molar-refractivity contribution in [1.82, 2.24) is 9.80 Å². The molecule has 1 rings (SSSR count). The summed E-state index contributed by atoms with van der Waals surface area (Å²) in [5.41, 5.74) is 5.30. The average molecular weight is 215 g/mol. The lowest BCUT2D eigenvalue weighted by Gasteiger charge is -2.35. The highest BCUT2D eigenvalue weighted by atomic mass is 16.2. The Labute approximate surface area is 93.4 Å².